The topological polar surface area (TPSA) is 26.3 Å². The van der Waals surface area contributed by atoms with Gasteiger partial charge in [-0.2, -0.15) is 0 Å². The van der Waals surface area contributed by atoms with Gasteiger partial charge in [-0.3, -0.25) is 0 Å². The molecule has 0 unspecified atom stereocenters. The van der Waals surface area contributed by atoms with Crippen LogP contribution in [0.3, 0.4) is 0 Å². The molecule has 2 heterocycles. The largest absolute Gasteiger partial charge is 0.461 e. The number of para-hydroxylation sites is 1. The number of hydrogen-bond donors (Lipinski definition) is 0. The van der Waals surface area contributed by atoms with E-state index in [1.165, 1.54) is 32.7 Å². The molecule has 0 saturated heterocycles. The molecular weight excluding hydrogens is 416 g/mol. The van der Waals surface area contributed by atoms with Crippen LogP contribution < -0.4 is 0 Å². The third-order valence-corrected chi connectivity index (χ3v) is 6.95. The second-order valence-electron chi connectivity index (χ2n) is 8.97. The molecule has 0 aliphatic carbocycles. The van der Waals surface area contributed by atoms with Crippen LogP contribution in [0.1, 0.15) is 11.5 Å². The van der Waals surface area contributed by atoms with Gasteiger partial charge in [-0.15, -0.1) is 0 Å². The van der Waals surface area contributed by atoms with Crippen LogP contribution in [0, 0.1) is 13.8 Å². The Bertz CT molecular complexity index is 1830. The highest BCUT2D eigenvalue weighted by atomic mass is 16.3. The molecule has 0 radical (unpaired) electrons. The van der Waals surface area contributed by atoms with Crippen LogP contribution in [0.2, 0.25) is 0 Å². The lowest BCUT2D eigenvalue weighted by Gasteiger charge is -2.12. The van der Waals surface area contributed by atoms with Gasteiger partial charge in [0.1, 0.15) is 22.7 Å². The average molecular weight is 439 g/mol. The molecule has 0 atom stereocenters. The maximum absolute atomic E-state index is 6.25. The first-order chi connectivity index (χ1) is 16.7. The fraction of sp³-hybridized carbons (Fsp3) is 0.0625. The monoisotopic (exact) mass is 438 g/mol. The standard InChI is InChI=1S/C32H22O2/c1-19-30(26-13-7-8-14-28(26)33-19)31-20(2)34-29-16-15-23(18-27(29)31)32-24-11-5-3-9-21(24)17-22-10-4-6-12-25(22)32/h3-18H,1-2H3. The lowest BCUT2D eigenvalue weighted by atomic mass is 9.90. The Kier molecular flexibility index (Phi) is 4.01. The minimum atomic E-state index is 0.894. The fourth-order valence-electron chi connectivity index (χ4n) is 5.49. The van der Waals surface area contributed by atoms with Gasteiger partial charge in [0.05, 0.1) is 0 Å². The van der Waals surface area contributed by atoms with Gasteiger partial charge in [-0.05, 0) is 70.8 Å². The van der Waals surface area contributed by atoms with E-state index in [1.54, 1.807) is 0 Å². The van der Waals surface area contributed by atoms with E-state index in [2.05, 4.69) is 84.9 Å². The van der Waals surface area contributed by atoms with E-state index < -0.39 is 0 Å². The van der Waals surface area contributed by atoms with Gasteiger partial charge in [0.15, 0.2) is 0 Å². The Balaban J connectivity index is 1.58. The SMILES string of the molecule is Cc1oc2ccccc2c1-c1c(C)oc2ccc(-c3c4ccccc4cc4ccccc34)cc12. The van der Waals surface area contributed by atoms with Crippen molar-refractivity contribution in [1.29, 1.82) is 0 Å². The Labute approximate surface area is 197 Å². The Hall–Kier alpha value is -4.30. The summed E-state index contributed by atoms with van der Waals surface area (Å²) < 4.78 is 12.4. The molecule has 0 N–H and O–H groups in total. The first-order valence-corrected chi connectivity index (χ1v) is 11.6. The number of fused-ring (bicyclic) bond motifs is 4. The quantitative estimate of drug-likeness (QED) is 0.251. The Morgan fingerprint density at radius 1 is 0.441 bits per heavy atom. The van der Waals surface area contributed by atoms with E-state index in [4.69, 9.17) is 8.83 Å². The second kappa shape index (κ2) is 7.10. The Morgan fingerprint density at radius 3 is 1.65 bits per heavy atom. The lowest BCUT2D eigenvalue weighted by Crippen LogP contribution is -1.86. The van der Waals surface area contributed by atoms with E-state index in [9.17, 15) is 0 Å². The van der Waals surface area contributed by atoms with Gasteiger partial charge in [0, 0.05) is 21.9 Å². The molecular formula is C32H22O2. The maximum atomic E-state index is 6.25. The molecule has 2 nitrogen and oxygen atoms in total. The smallest absolute Gasteiger partial charge is 0.134 e. The number of aryl methyl sites for hydroxylation is 2. The van der Waals surface area contributed by atoms with Crippen molar-refractivity contribution in [1.82, 2.24) is 0 Å². The highest BCUT2D eigenvalue weighted by Gasteiger charge is 2.21. The van der Waals surface area contributed by atoms with Gasteiger partial charge in [-0.1, -0.05) is 72.8 Å². The van der Waals surface area contributed by atoms with Crippen molar-refractivity contribution >= 4 is 43.5 Å². The maximum Gasteiger partial charge on any atom is 0.134 e. The molecule has 162 valence electrons. The predicted octanol–water partition coefficient (Wildman–Crippen LogP) is 9.44. The molecule has 0 fully saturated rings. The molecule has 7 rings (SSSR count). The molecule has 2 aromatic heterocycles. The van der Waals surface area contributed by atoms with Crippen LogP contribution in [0.5, 0.6) is 0 Å². The van der Waals surface area contributed by atoms with Crippen LogP contribution in [0.15, 0.2) is 106 Å². The summed E-state index contributed by atoms with van der Waals surface area (Å²) in [6.07, 6.45) is 0. The molecule has 0 spiro atoms. The van der Waals surface area contributed by atoms with Crippen molar-refractivity contribution in [3.8, 4) is 22.3 Å². The summed E-state index contributed by atoms with van der Waals surface area (Å²) in [5, 5.41) is 7.24. The third-order valence-electron chi connectivity index (χ3n) is 6.95. The first kappa shape index (κ1) is 19.2. The summed E-state index contributed by atoms with van der Waals surface area (Å²) in [6.45, 7) is 4.08. The molecule has 2 heteroatoms. The molecule has 0 aliphatic rings. The van der Waals surface area contributed by atoms with Crippen molar-refractivity contribution in [3.63, 3.8) is 0 Å². The molecule has 7 aromatic rings. The predicted molar refractivity (Wildman–Crippen MR) is 141 cm³/mol. The van der Waals surface area contributed by atoms with E-state index in [-0.39, 0.29) is 0 Å². The van der Waals surface area contributed by atoms with Crippen molar-refractivity contribution in [3.05, 3.63) is 109 Å². The zero-order valence-electron chi connectivity index (χ0n) is 19.1. The molecule has 34 heavy (non-hydrogen) atoms. The van der Waals surface area contributed by atoms with Crippen LogP contribution >= 0.6 is 0 Å². The van der Waals surface area contributed by atoms with Crippen molar-refractivity contribution in [2.45, 2.75) is 13.8 Å². The second-order valence-corrected chi connectivity index (χ2v) is 8.97. The van der Waals surface area contributed by atoms with Gasteiger partial charge >= 0.3 is 0 Å². The number of benzene rings is 5. The summed E-state index contributed by atoms with van der Waals surface area (Å²) in [5.41, 5.74) is 6.48. The normalized spacial score (nSPS) is 11.8. The average Bonchev–Trinajstić information content (AvgIpc) is 3.36. The number of hydrogen-bond acceptors (Lipinski definition) is 2. The van der Waals surface area contributed by atoms with E-state index in [1.807, 2.05) is 26.0 Å². The van der Waals surface area contributed by atoms with Crippen LogP contribution in [0.25, 0.3) is 65.7 Å². The van der Waals surface area contributed by atoms with Crippen molar-refractivity contribution < 1.29 is 8.83 Å². The summed E-state index contributed by atoms with van der Waals surface area (Å²) in [4.78, 5) is 0. The van der Waals surface area contributed by atoms with Crippen molar-refractivity contribution in [2.24, 2.45) is 0 Å². The van der Waals surface area contributed by atoms with Gasteiger partial charge in [0.25, 0.3) is 0 Å². The van der Waals surface area contributed by atoms with Gasteiger partial charge in [-0.25, -0.2) is 0 Å². The summed E-state index contributed by atoms with van der Waals surface area (Å²) >= 11 is 0. The molecule has 0 aliphatic heterocycles. The summed E-state index contributed by atoms with van der Waals surface area (Å²) in [6, 6.07) is 34.4. The van der Waals surface area contributed by atoms with Crippen LogP contribution in [-0.4, -0.2) is 0 Å². The lowest BCUT2D eigenvalue weighted by molar-refractivity contribution is 0.574. The third kappa shape index (κ3) is 2.69. The zero-order valence-corrected chi connectivity index (χ0v) is 19.1. The van der Waals surface area contributed by atoms with Crippen LogP contribution in [-0.2, 0) is 0 Å². The molecule has 0 amide bonds. The van der Waals surface area contributed by atoms with E-state index in [0.717, 1.165) is 44.6 Å². The van der Waals surface area contributed by atoms with Crippen molar-refractivity contribution in [2.75, 3.05) is 0 Å². The van der Waals surface area contributed by atoms with Crippen LogP contribution in [0.4, 0.5) is 0 Å². The Morgan fingerprint density at radius 2 is 0.971 bits per heavy atom. The molecule has 5 aromatic carbocycles. The highest BCUT2D eigenvalue weighted by molar-refractivity contribution is 6.14. The first-order valence-electron chi connectivity index (χ1n) is 11.6. The minimum absolute atomic E-state index is 0.894. The summed E-state index contributed by atoms with van der Waals surface area (Å²) in [5.74, 6) is 1.82. The van der Waals surface area contributed by atoms with Gasteiger partial charge in [0.2, 0.25) is 0 Å². The zero-order chi connectivity index (χ0) is 22.8. The molecule has 0 saturated carbocycles. The van der Waals surface area contributed by atoms with Gasteiger partial charge < -0.3 is 8.83 Å². The minimum Gasteiger partial charge on any atom is -0.461 e. The van der Waals surface area contributed by atoms with E-state index in [0.29, 0.717) is 0 Å². The highest BCUT2D eigenvalue weighted by Crippen LogP contribution is 2.44. The summed E-state index contributed by atoms with van der Waals surface area (Å²) in [7, 11) is 0. The number of furan rings is 2. The number of rotatable bonds is 2. The fourth-order valence-corrected chi connectivity index (χ4v) is 5.49. The van der Waals surface area contributed by atoms with E-state index >= 15 is 0 Å². The molecule has 0 bridgehead atoms.